The number of aliphatic hydroxyl groups is 1. The minimum atomic E-state index is -1.30. The lowest BCUT2D eigenvalue weighted by Crippen LogP contribution is -2.19. The number of nitriles is 2. The van der Waals surface area contributed by atoms with E-state index in [1.165, 1.54) is 6.07 Å². The number of aromatic nitrogens is 1. The molecule has 0 aliphatic carbocycles. The summed E-state index contributed by atoms with van der Waals surface area (Å²) < 4.78 is 4.97. The molecule has 1 heterocycles. The quantitative estimate of drug-likeness (QED) is 0.809. The van der Waals surface area contributed by atoms with Gasteiger partial charge in [-0.2, -0.15) is 10.5 Å². The van der Waals surface area contributed by atoms with Crippen LogP contribution in [0.15, 0.2) is 10.6 Å². The van der Waals surface area contributed by atoms with Gasteiger partial charge in [-0.1, -0.05) is 5.16 Å². The van der Waals surface area contributed by atoms with Gasteiger partial charge in [0, 0.05) is 18.9 Å². The van der Waals surface area contributed by atoms with Gasteiger partial charge < -0.3 is 9.63 Å². The fraction of sp³-hybridized carbons (Fsp3) is 0.462. The molecular weight excluding hydrogens is 230 g/mol. The lowest BCUT2D eigenvalue weighted by atomic mass is 9.83. The molecule has 0 atom stereocenters. The second-order valence-electron chi connectivity index (χ2n) is 4.60. The molecule has 0 unspecified atom stereocenters. The molecule has 0 saturated heterocycles. The van der Waals surface area contributed by atoms with Crippen molar-refractivity contribution >= 4 is 0 Å². The Kier molecular flexibility index (Phi) is 3.76. The summed E-state index contributed by atoms with van der Waals surface area (Å²) >= 11 is 0. The first-order valence-electron chi connectivity index (χ1n) is 5.31. The molecule has 0 aliphatic heterocycles. The molecule has 1 aromatic heterocycles. The summed E-state index contributed by atoms with van der Waals surface area (Å²) in [6.07, 6.45) is 5.25. The van der Waals surface area contributed by atoms with E-state index in [-0.39, 0.29) is 18.6 Å². The largest absolute Gasteiger partial charge is 0.382 e. The fourth-order valence-electron chi connectivity index (χ4n) is 1.41. The second-order valence-corrected chi connectivity index (χ2v) is 4.60. The standard InChI is InChI=1S/C13H13N3O2/c1-4-5-13(8-14,9-15)7-10-6-11(18-16-10)12(2,3)17/h1,6,17H,5,7H2,2-3H3. The first kappa shape index (κ1) is 13.8. The van der Waals surface area contributed by atoms with Crippen molar-refractivity contribution in [1.82, 2.24) is 5.16 Å². The summed E-state index contributed by atoms with van der Waals surface area (Å²) in [5.41, 5.74) is -2.03. The third kappa shape index (κ3) is 2.88. The van der Waals surface area contributed by atoms with Gasteiger partial charge in [0.05, 0.1) is 17.8 Å². The molecule has 1 N–H and O–H groups in total. The molecule has 5 heteroatoms. The summed E-state index contributed by atoms with van der Waals surface area (Å²) in [6, 6.07) is 5.36. The highest BCUT2D eigenvalue weighted by Gasteiger charge is 2.32. The molecule has 5 nitrogen and oxygen atoms in total. The molecule has 92 valence electrons. The molecule has 0 amide bonds. The molecule has 0 aliphatic rings. The molecule has 1 aromatic rings. The molecule has 0 spiro atoms. The Hall–Kier alpha value is -2.29. The van der Waals surface area contributed by atoms with Crippen LogP contribution in [0.3, 0.4) is 0 Å². The Labute approximate surface area is 106 Å². The zero-order valence-electron chi connectivity index (χ0n) is 10.3. The Bertz CT molecular complexity index is 533. The minimum Gasteiger partial charge on any atom is -0.382 e. The van der Waals surface area contributed by atoms with Crippen LogP contribution in [0.2, 0.25) is 0 Å². The van der Waals surface area contributed by atoms with Gasteiger partial charge in [-0.25, -0.2) is 0 Å². The normalized spacial score (nSPS) is 11.3. The molecular formula is C13H13N3O2. The Morgan fingerprint density at radius 3 is 2.44 bits per heavy atom. The lowest BCUT2D eigenvalue weighted by Gasteiger charge is -2.13. The van der Waals surface area contributed by atoms with Crippen LogP contribution in [-0.4, -0.2) is 10.3 Å². The smallest absolute Gasteiger partial charge is 0.167 e. The zero-order valence-corrected chi connectivity index (χ0v) is 10.3. The van der Waals surface area contributed by atoms with Crippen molar-refractivity contribution in [2.45, 2.75) is 32.3 Å². The highest BCUT2D eigenvalue weighted by atomic mass is 16.5. The minimum absolute atomic E-state index is 0.0186. The van der Waals surface area contributed by atoms with Gasteiger partial charge in [0.2, 0.25) is 0 Å². The van der Waals surface area contributed by atoms with Crippen molar-refractivity contribution in [2.24, 2.45) is 5.41 Å². The highest BCUT2D eigenvalue weighted by Crippen LogP contribution is 2.27. The molecule has 0 fully saturated rings. The summed E-state index contributed by atoms with van der Waals surface area (Å²) in [6.45, 7) is 3.11. The van der Waals surface area contributed by atoms with E-state index >= 15 is 0 Å². The van der Waals surface area contributed by atoms with E-state index < -0.39 is 11.0 Å². The Morgan fingerprint density at radius 1 is 1.44 bits per heavy atom. The monoisotopic (exact) mass is 243 g/mol. The summed E-state index contributed by atoms with van der Waals surface area (Å²) in [4.78, 5) is 0. The maximum atomic E-state index is 9.72. The molecule has 0 aromatic carbocycles. The number of terminal acetylenes is 1. The molecule has 1 rings (SSSR count). The van der Waals surface area contributed by atoms with Crippen LogP contribution in [0.5, 0.6) is 0 Å². The van der Waals surface area contributed by atoms with Gasteiger partial charge >= 0.3 is 0 Å². The highest BCUT2D eigenvalue weighted by molar-refractivity contribution is 5.24. The summed E-state index contributed by atoms with van der Waals surface area (Å²) in [5, 5.41) is 31.6. The maximum Gasteiger partial charge on any atom is 0.167 e. The van der Waals surface area contributed by atoms with Crippen molar-refractivity contribution in [2.75, 3.05) is 0 Å². The maximum absolute atomic E-state index is 9.72. The van der Waals surface area contributed by atoms with Gasteiger partial charge in [-0.15, -0.1) is 12.3 Å². The van der Waals surface area contributed by atoms with Crippen molar-refractivity contribution < 1.29 is 9.63 Å². The second kappa shape index (κ2) is 4.92. The SMILES string of the molecule is C#CCC(C#N)(C#N)Cc1cc(C(C)(C)O)on1. The summed E-state index contributed by atoms with van der Waals surface area (Å²) in [5.74, 6) is 2.60. The fourth-order valence-corrected chi connectivity index (χ4v) is 1.41. The van der Waals surface area contributed by atoms with Gasteiger partial charge in [0.15, 0.2) is 11.2 Å². The van der Waals surface area contributed by atoms with Crippen LogP contribution < -0.4 is 0 Å². The van der Waals surface area contributed by atoms with E-state index in [0.717, 1.165) is 0 Å². The van der Waals surface area contributed by atoms with Crippen LogP contribution in [-0.2, 0) is 12.0 Å². The van der Waals surface area contributed by atoms with Crippen molar-refractivity contribution in [3.63, 3.8) is 0 Å². The predicted octanol–water partition coefficient (Wildman–Crippen LogP) is 1.50. The van der Waals surface area contributed by atoms with Gasteiger partial charge in [0.1, 0.15) is 5.60 Å². The third-order valence-electron chi connectivity index (χ3n) is 2.48. The van der Waals surface area contributed by atoms with Gasteiger partial charge in [-0.05, 0) is 13.8 Å². The van der Waals surface area contributed by atoms with Crippen molar-refractivity contribution in [3.8, 4) is 24.5 Å². The average Bonchev–Trinajstić information content (AvgIpc) is 2.76. The number of hydrogen-bond acceptors (Lipinski definition) is 5. The van der Waals surface area contributed by atoms with E-state index in [2.05, 4.69) is 11.1 Å². The van der Waals surface area contributed by atoms with Crippen LogP contribution in [0.25, 0.3) is 0 Å². The predicted molar refractivity (Wildman–Crippen MR) is 62.6 cm³/mol. The molecule has 18 heavy (non-hydrogen) atoms. The van der Waals surface area contributed by atoms with Gasteiger partial charge in [0.25, 0.3) is 0 Å². The average molecular weight is 243 g/mol. The Balaban J connectivity index is 2.98. The van der Waals surface area contributed by atoms with E-state index in [4.69, 9.17) is 21.5 Å². The number of hydrogen-bond donors (Lipinski definition) is 1. The van der Waals surface area contributed by atoms with E-state index in [1.54, 1.807) is 13.8 Å². The lowest BCUT2D eigenvalue weighted by molar-refractivity contribution is 0.0474. The third-order valence-corrected chi connectivity index (χ3v) is 2.48. The van der Waals surface area contributed by atoms with E-state index in [0.29, 0.717) is 5.69 Å². The van der Waals surface area contributed by atoms with Crippen LogP contribution in [0.4, 0.5) is 0 Å². The van der Waals surface area contributed by atoms with Crippen molar-refractivity contribution in [3.05, 3.63) is 17.5 Å². The van der Waals surface area contributed by atoms with Crippen molar-refractivity contribution in [1.29, 1.82) is 10.5 Å². The van der Waals surface area contributed by atoms with E-state index in [1.807, 2.05) is 12.1 Å². The number of nitrogens with zero attached hydrogens (tertiary/aromatic N) is 3. The first-order valence-corrected chi connectivity index (χ1v) is 5.31. The molecule has 0 radical (unpaired) electrons. The van der Waals surface area contributed by atoms with Crippen LogP contribution in [0.1, 0.15) is 31.7 Å². The molecule has 0 bridgehead atoms. The number of rotatable bonds is 4. The van der Waals surface area contributed by atoms with Gasteiger partial charge in [-0.3, -0.25) is 0 Å². The molecule has 0 saturated carbocycles. The first-order chi connectivity index (χ1) is 8.37. The van der Waals surface area contributed by atoms with Crippen LogP contribution >= 0.6 is 0 Å². The Morgan fingerprint density at radius 2 is 2.06 bits per heavy atom. The summed E-state index contributed by atoms with van der Waals surface area (Å²) in [7, 11) is 0. The topological polar surface area (TPSA) is 93.8 Å². The van der Waals surface area contributed by atoms with E-state index in [9.17, 15) is 5.11 Å². The van der Waals surface area contributed by atoms with Crippen LogP contribution in [0, 0.1) is 40.4 Å². The zero-order chi connectivity index (χ0) is 13.8.